The summed E-state index contributed by atoms with van der Waals surface area (Å²) >= 11 is 1.41. The fourth-order valence-corrected chi connectivity index (χ4v) is 4.16. The Labute approximate surface area is 155 Å². The van der Waals surface area contributed by atoms with Crippen molar-refractivity contribution in [2.45, 2.75) is 19.8 Å². The molecular weight excluding hydrogens is 352 g/mol. The summed E-state index contributed by atoms with van der Waals surface area (Å²) < 4.78 is 16.0. The largest absolute Gasteiger partial charge is 0.497 e. The van der Waals surface area contributed by atoms with E-state index in [0.29, 0.717) is 22.6 Å². The van der Waals surface area contributed by atoms with Gasteiger partial charge in [0.2, 0.25) is 5.88 Å². The Morgan fingerprint density at radius 1 is 1.38 bits per heavy atom. The van der Waals surface area contributed by atoms with Crippen LogP contribution in [0, 0.1) is 18.3 Å². The van der Waals surface area contributed by atoms with E-state index in [9.17, 15) is 10.1 Å². The van der Waals surface area contributed by atoms with Crippen LogP contribution in [0.3, 0.4) is 0 Å². The number of nitriles is 1. The van der Waals surface area contributed by atoms with Crippen molar-refractivity contribution in [2.75, 3.05) is 13.7 Å². The number of ether oxygens (including phenoxy) is 3. The second-order valence-electron chi connectivity index (χ2n) is 5.65. The van der Waals surface area contributed by atoms with E-state index in [1.54, 1.807) is 14.0 Å². The summed E-state index contributed by atoms with van der Waals surface area (Å²) in [6.07, 6.45) is 0. The van der Waals surface area contributed by atoms with Gasteiger partial charge in [0.25, 0.3) is 0 Å². The van der Waals surface area contributed by atoms with Crippen molar-refractivity contribution in [2.24, 2.45) is 5.73 Å². The number of nitrogens with two attached hydrogens (primary N) is 1. The zero-order chi connectivity index (χ0) is 18.8. The number of fused-ring (bicyclic) bond motifs is 1. The molecule has 1 atom stereocenters. The number of rotatable bonds is 4. The molecule has 0 bridgehead atoms. The van der Waals surface area contributed by atoms with Crippen molar-refractivity contribution in [3.8, 4) is 17.6 Å². The molecule has 26 heavy (non-hydrogen) atoms. The Balaban J connectivity index is 2.17. The molecule has 1 aliphatic rings. The minimum atomic E-state index is -0.454. The maximum atomic E-state index is 12.3. The molecule has 1 aromatic carbocycles. The molecule has 1 aliphatic heterocycles. The third-order valence-corrected chi connectivity index (χ3v) is 5.29. The summed E-state index contributed by atoms with van der Waals surface area (Å²) in [4.78, 5) is 13.9. The molecule has 0 saturated heterocycles. The molecule has 2 N–H and O–H groups in total. The number of hydrogen-bond donors (Lipinski definition) is 1. The lowest BCUT2D eigenvalue weighted by Gasteiger charge is -2.24. The molecule has 3 rings (SSSR count). The summed E-state index contributed by atoms with van der Waals surface area (Å²) in [5.74, 6) is 0.240. The third-order valence-electron chi connectivity index (χ3n) is 4.14. The fourth-order valence-electron chi connectivity index (χ4n) is 2.95. The molecule has 0 amide bonds. The molecule has 2 aromatic rings. The maximum absolute atomic E-state index is 12.3. The van der Waals surface area contributed by atoms with Crippen LogP contribution < -0.4 is 15.2 Å². The van der Waals surface area contributed by atoms with Gasteiger partial charge in [-0.25, -0.2) is 4.79 Å². The quantitative estimate of drug-likeness (QED) is 0.828. The molecule has 0 aliphatic carbocycles. The zero-order valence-corrected chi connectivity index (χ0v) is 15.5. The van der Waals surface area contributed by atoms with Gasteiger partial charge >= 0.3 is 5.97 Å². The number of nitrogens with zero attached hydrogens (tertiary/aromatic N) is 1. The van der Waals surface area contributed by atoms with Crippen LogP contribution in [0.15, 0.2) is 35.7 Å². The number of carbonyl (C=O) groups is 1. The number of hydrogen-bond acceptors (Lipinski definition) is 7. The van der Waals surface area contributed by atoms with E-state index in [2.05, 4.69) is 6.07 Å². The first kappa shape index (κ1) is 17.8. The van der Waals surface area contributed by atoms with Crippen molar-refractivity contribution >= 4 is 17.3 Å². The number of allylic oxidation sites excluding steroid dienone is 1. The van der Waals surface area contributed by atoms with Gasteiger partial charge in [-0.1, -0.05) is 12.1 Å². The van der Waals surface area contributed by atoms with Crippen molar-refractivity contribution in [3.05, 3.63) is 56.6 Å². The van der Waals surface area contributed by atoms with Gasteiger partial charge in [0.1, 0.15) is 23.0 Å². The van der Waals surface area contributed by atoms with Gasteiger partial charge in [-0.05, 0) is 31.5 Å². The average Bonchev–Trinajstić information content (AvgIpc) is 2.96. The van der Waals surface area contributed by atoms with E-state index in [4.69, 9.17) is 19.9 Å². The first-order valence-electron chi connectivity index (χ1n) is 8.03. The van der Waals surface area contributed by atoms with E-state index in [-0.39, 0.29) is 12.5 Å². The first-order chi connectivity index (χ1) is 12.5. The van der Waals surface area contributed by atoms with Crippen molar-refractivity contribution in [1.82, 2.24) is 0 Å². The van der Waals surface area contributed by atoms with Gasteiger partial charge in [0, 0.05) is 4.88 Å². The van der Waals surface area contributed by atoms with Crippen LogP contribution in [-0.2, 0) is 4.74 Å². The van der Waals surface area contributed by atoms with Gasteiger partial charge in [-0.2, -0.15) is 5.26 Å². The number of aryl methyl sites for hydroxylation is 1. The fraction of sp³-hybridized carbons (Fsp3) is 0.263. The highest BCUT2D eigenvalue weighted by Gasteiger charge is 2.37. The Morgan fingerprint density at radius 2 is 2.08 bits per heavy atom. The number of esters is 1. The predicted molar refractivity (Wildman–Crippen MR) is 97.3 cm³/mol. The summed E-state index contributed by atoms with van der Waals surface area (Å²) in [7, 11) is 1.59. The van der Waals surface area contributed by atoms with Crippen LogP contribution in [-0.4, -0.2) is 19.7 Å². The van der Waals surface area contributed by atoms with Crippen LogP contribution in [0.1, 0.15) is 38.5 Å². The number of carbonyl (C=O) groups excluding carboxylic acids is 1. The Morgan fingerprint density at radius 3 is 2.65 bits per heavy atom. The Hall–Kier alpha value is -2.98. The summed E-state index contributed by atoms with van der Waals surface area (Å²) in [5.41, 5.74) is 7.56. The molecule has 6 nitrogen and oxygen atoms in total. The van der Waals surface area contributed by atoms with E-state index in [1.165, 1.54) is 11.3 Å². The minimum absolute atomic E-state index is 0.00386. The predicted octanol–water partition coefficient (Wildman–Crippen LogP) is 3.46. The monoisotopic (exact) mass is 370 g/mol. The van der Waals surface area contributed by atoms with Gasteiger partial charge in [0.15, 0.2) is 5.75 Å². The molecular formula is C19H18N2O4S. The van der Waals surface area contributed by atoms with Crippen LogP contribution in [0.4, 0.5) is 0 Å². The number of methoxy groups -OCH3 is 1. The third kappa shape index (κ3) is 2.89. The molecule has 0 fully saturated rings. The van der Waals surface area contributed by atoms with E-state index in [1.807, 2.05) is 31.2 Å². The second kappa shape index (κ2) is 7.10. The molecule has 0 radical (unpaired) electrons. The van der Waals surface area contributed by atoms with Crippen molar-refractivity contribution in [1.29, 1.82) is 5.26 Å². The lowest BCUT2D eigenvalue weighted by atomic mass is 9.88. The standard InChI is InChI=1S/C19H18N2O4S/c1-4-24-19(22)14-10(2)26-17-15(11-5-7-12(23-3)8-6-11)13(9-20)18(21)25-16(14)17/h5-8,15H,4,21H2,1-3H3/t15-/m1/s1. The Bertz CT molecular complexity index is 922. The molecule has 0 spiro atoms. The van der Waals surface area contributed by atoms with Crippen LogP contribution in [0.2, 0.25) is 0 Å². The maximum Gasteiger partial charge on any atom is 0.343 e. The van der Waals surface area contributed by atoms with Gasteiger partial charge in [-0.15, -0.1) is 11.3 Å². The smallest absolute Gasteiger partial charge is 0.343 e. The SMILES string of the molecule is CCOC(=O)c1c(C)sc2c1OC(N)=C(C#N)[C@H]2c1ccc(OC)cc1. The van der Waals surface area contributed by atoms with Gasteiger partial charge in [0.05, 0.1) is 24.5 Å². The van der Waals surface area contributed by atoms with Crippen LogP contribution >= 0.6 is 11.3 Å². The first-order valence-corrected chi connectivity index (χ1v) is 8.85. The number of benzene rings is 1. The minimum Gasteiger partial charge on any atom is -0.497 e. The lowest BCUT2D eigenvalue weighted by Crippen LogP contribution is -2.21. The lowest BCUT2D eigenvalue weighted by molar-refractivity contribution is 0.0522. The van der Waals surface area contributed by atoms with E-state index in [0.717, 1.165) is 15.3 Å². The van der Waals surface area contributed by atoms with Crippen LogP contribution in [0.5, 0.6) is 11.5 Å². The highest BCUT2D eigenvalue weighted by Crippen LogP contribution is 2.49. The van der Waals surface area contributed by atoms with Crippen LogP contribution in [0.25, 0.3) is 0 Å². The van der Waals surface area contributed by atoms with Gasteiger partial charge in [-0.3, -0.25) is 0 Å². The van der Waals surface area contributed by atoms with E-state index >= 15 is 0 Å². The number of thiophene rings is 1. The molecule has 1 aromatic heterocycles. The highest BCUT2D eigenvalue weighted by molar-refractivity contribution is 7.12. The van der Waals surface area contributed by atoms with Crippen molar-refractivity contribution in [3.63, 3.8) is 0 Å². The topological polar surface area (TPSA) is 94.6 Å². The molecule has 0 unspecified atom stereocenters. The van der Waals surface area contributed by atoms with Gasteiger partial charge < -0.3 is 19.9 Å². The Kier molecular flexibility index (Phi) is 4.87. The molecule has 2 heterocycles. The summed E-state index contributed by atoms with van der Waals surface area (Å²) in [6.45, 7) is 3.83. The normalized spacial score (nSPS) is 15.7. The summed E-state index contributed by atoms with van der Waals surface area (Å²) in [5, 5.41) is 9.61. The summed E-state index contributed by atoms with van der Waals surface area (Å²) in [6, 6.07) is 9.54. The average molecular weight is 370 g/mol. The van der Waals surface area contributed by atoms with E-state index < -0.39 is 11.9 Å². The second-order valence-corrected chi connectivity index (χ2v) is 6.90. The molecule has 0 saturated carbocycles. The molecule has 134 valence electrons. The highest BCUT2D eigenvalue weighted by atomic mass is 32.1. The van der Waals surface area contributed by atoms with Crippen molar-refractivity contribution < 1.29 is 19.0 Å². The molecule has 7 heteroatoms. The zero-order valence-electron chi connectivity index (χ0n) is 14.7.